The zero-order valence-corrected chi connectivity index (χ0v) is 19.3. The summed E-state index contributed by atoms with van der Waals surface area (Å²) < 4.78 is 5.51. The van der Waals surface area contributed by atoms with Crippen LogP contribution in [0.15, 0.2) is 48.5 Å². The van der Waals surface area contributed by atoms with Crippen LogP contribution in [0.1, 0.15) is 30.4 Å². The molecule has 1 heterocycles. The maximum Gasteiger partial charge on any atom is 0.407 e. The molecule has 2 atom stereocenters. The third-order valence-corrected chi connectivity index (χ3v) is 7.42. The lowest BCUT2D eigenvalue weighted by Gasteiger charge is -2.23. The molecule has 1 saturated heterocycles. The Bertz CT molecular complexity index is 997. The number of alkyl carbamates (subject to hydrolysis) is 1. The molecule has 33 heavy (non-hydrogen) atoms. The van der Waals surface area contributed by atoms with Crippen LogP contribution in [0, 0.1) is 5.92 Å². The molecule has 8 heteroatoms. The van der Waals surface area contributed by atoms with Crippen molar-refractivity contribution in [2.45, 2.75) is 25.3 Å². The van der Waals surface area contributed by atoms with Gasteiger partial charge in [-0.3, -0.25) is 9.59 Å². The van der Waals surface area contributed by atoms with Crippen LogP contribution in [-0.4, -0.2) is 65.2 Å². The molecule has 1 aliphatic heterocycles. The van der Waals surface area contributed by atoms with Crippen molar-refractivity contribution >= 4 is 29.7 Å². The number of rotatable bonds is 8. The first-order chi connectivity index (χ1) is 16.0. The van der Waals surface area contributed by atoms with Crippen molar-refractivity contribution in [2.24, 2.45) is 5.92 Å². The van der Waals surface area contributed by atoms with Crippen LogP contribution in [0.25, 0.3) is 11.1 Å². The van der Waals surface area contributed by atoms with Crippen molar-refractivity contribution in [3.63, 3.8) is 0 Å². The first-order valence-corrected chi connectivity index (χ1v) is 12.3. The molecule has 0 saturated carbocycles. The molecule has 1 aliphatic carbocycles. The molecule has 2 aromatic rings. The fourth-order valence-corrected chi connectivity index (χ4v) is 5.47. The van der Waals surface area contributed by atoms with E-state index in [0.29, 0.717) is 25.3 Å². The number of likely N-dealkylation sites (tertiary alicyclic amines) is 1. The highest BCUT2D eigenvalue weighted by molar-refractivity contribution is 7.99. The number of aliphatic carboxylic acids is 1. The Labute approximate surface area is 197 Å². The molecule has 0 radical (unpaired) electrons. The van der Waals surface area contributed by atoms with Gasteiger partial charge in [0, 0.05) is 30.8 Å². The van der Waals surface area contributed by atoms with Crippen LogP contribution in [0.3, 0.4) is 0 Å². The zero-order chi connectivity index (χ0) is 23.4. The highest BCUT2D eigenvalue weighted by atomic mass is 32.2. The third-order valence-electron chi connectivity index (χ3n) is 6.48. The second-order valence-electron chi connectivity index (χ2n) is 8.37. The van der Waals surface area contributed by atoms with Gasteiger partial charge in [-0.05, 0) is 35.6 Å². The van der Waals surface area contributed by atoms with Gasteiger partial charge >= 0.3 is 12.1 Å². The van der Waals surface area contributed by atoms with E-state index in [0.717, 1.165) is 0 Å². The van der Waals surface area contributed by atoms with E-state index in [-0.39, 0.29) is 30.2 Å². The van der Waals surface area contributed by atoms with E-state index in [1.165, 1.54) is 34.0 Å². The molecule has 2 unspecified atom stereocenters. The van der Waals surface area contributed by atoms with Crippen LogP contribution < -0.4 is 5.32 Å². The van der Waals surface area contributed by atoms with E-state index < -0.39 is 18.0 Å². The molecule has 1 fully saturated rings. The molecule has 174 valence electrons. The average molecular weight is 469 g/mol. The smallest absolute Gasteiger partial charge is 0.407 e. The topological polar surface area (TPSA) is 95.9 Å². The Morgan fingerprint density at radius 2 is 1.73 bits per heavy atom. The number of carboxylic acid groups (broad SMARTS) is 1. The molecule has 4 rings (SSSR count). The molecule has 2 aromatic carbocycles. The standard InChI is InChI=1S/C25H28N2O5S/c1-16-17(24(29)30)10-12-27(16)23(28)15-33-13-11-26-25(31)32-14-22-20-8-4-2-6-18(20)19-7-3-5-9-21(19)22/h2-9,16-17,22H,10-15H2,1H3,(H,26,31)(H,29,30). The first-order valence-electron chi connectivity index (χ1n) is 11.2. The molecule has 0 aromatic heterocycles. The van der Waals surface area contributed by atoms with Crippen LogP contribution in [0.5, 0.6) is 0 Å². The molecular weight excluding hydrogens is 440 g/mol. The number of benzene rings is 2. The number of thioether (sulfide) groups is 1. The first kappa shape index (κ1) is 23.2. The van der Waals surface area contributed by atoms with Gasteiger partial charge in [0.15, 0.2) is 0 Å². The summed E-state index contributed by atoms with van der Waals surface area (Å²) in [4.78, 5) is 37.4. The van der Waals surface area contributed by atoms with Crippen molar-refractivity contribution in [1.82, 2.24) is 10.2 Å². The second-order valence-corrected chi connectivity index (χ2v) is 9.47. The van der Waals surface area contributed by atoms with E-state index in [1.807, 2.05) is 24.3 Å². The van der Waals surface area contributed by atoms with Crippen molar-refractivity contribution in [3.05, 3.63) is 59.7 Å². The van der Waals surface area contributed by atoms with Gasteiger partial charge < -0.3 is 20.1 Å². The number of nitrogens with zero attached hydrogens (tertiary/aromatic N) is 1. The number of hydrogen-bond acceptors (Lipinski definition) is 5. The number of ether oxygens (including phenoxy) is 1. The van der Waals surface area contributed by atoms with Crippen LogP contribution in [0.4, 0.5) is 4.79 Å². The summed E-state index contributed by atoms with van der Waals surface area (Å²) in [5.41, 5.74) is 4.71. The number of fused-ring (bicyclic) bond motifs is 3. The summed E-state index contributed by atoms with van der Waals surface area (Å²) in [5, 5.41) is 11.9. The second kappa shape index (κ2) is 10.3. The van der Waals surface area contributed by atoms with Gasteiger partial charge in [0.1, 0.15) is 6.61 Å². The van der Waals surface area contributed by atoms with E-state index in [1.54, 1.807) is 11.8 Å². The monoisotopic (exact) mass is 468 g/mol. The molecule has 2 amide bonds. The molecule has 0 spiro atoms. The Kier molecular flexibility index (Phi) is 7.23. The predicted molar refractivity (Wildman–Crippen MR) is 127 cm³/mol. The summed E-state index contributed by atoms with van der Waals surface area (Å²) in [6.45, 7) is 2.92. The van der Waals surface area contributed by atoms with Crippen LogP contribution in [-0.2, 0) is 14.3 Å². The summed E-state index contributed by atoms with van der Waals surface area (Å²) in [6.07, 6.45) is 0.0252. The van der Waals surface area contributed by atoms with Crippen molar-refractivity contribution < 1.29 is 24.2 Å². The van der Waals surface area contributed by atoms with Gasteiger partial charge in [0.05, 0.1) is 11.7 Å². The molecule has 2 N–H and O–H groups in total. The minimum Gasteiger partial charge on any atom is -0.481 e. The highest BCUT2D eigenvalue weighted by Gasteiger charge is 2.37. The van der Waals surface area contributed by atoms with Crippen molar-refractivity contribution in [3.8, 4) is 11.1 Å². The van der Waals surface area contributed by atoms with Crippen LogP contribution in [0.2, 0.25) is 0 Å². The van der Waals surface area contributed by atoms with E-state index in [2.05, 4.69) is 29.6 Å². The van der Waals surface area contributed by atoms with Crippen molar-refractivity contribution in [1.29, 1.82) is 0 Å². The minimum atomic E-state index is -0.849. The predicted octanol–water partition coefficient (Wildman–Crippen LogP) is 3.58. The third kappa shape index (κ3) is 5.00. The highest BCUT2D eigenvalue weighted by Crippen LogP contribution is 2.44. The number of hydrogen-bond donors (Lipinski definition) is 2. The largest absolute Gasteiger partial charge is 0.481 e. The van der Waals surface area contributed by atoms with E-state index in [4.69, 9.17) is 4.74 Å². The van der Waals surface area contributed by atoms with Gasteiger partial charge in [0.2, 0.25) is 5.91 Å². The fourth-order valence-electron chi connectivity index (χ4n) is 4.74. The Morgan fingerprint density at radius 1 is 1.09 bits per heavy atom. The normalized spacial score (nSPS) is 19.1. The maximum atomic E-state index is 12.4. The van der Waals surface area contributed by atoms with Gasteiger partial charge in [-0.2, -0.15) is 11.8 Å². The van der Waals surface area contributed by atoms with Gasteiger partial charge in [0.25, 0.3) is 0 Å². The van der Waals surface area contributed by atoms with Gasteiger partial charge in [-0.25, -0.2) is 4.79 Å². The number of carboxylic acids is 1. The summed E-state index contributed by atoms with van der Waals surface area (Å²) >= 11 is 1.42. The average Bonchev–Trinajstić information content (AvgIpc) is 3.35. The summed E-state index contributed by atoms with van der Waals surface area (Å²) in [6, 6.07) is 16.1. The zero-order valence-electron chi connectivity index (χ0n) is 18.5. The minimum absolute atomic E-state index is 0.0206. The van der Waals surface area contributed by atoms with Gasteiger partial charge in [-0.1, -0.05) is 48.5 Å². The number of carbonyl (C=O) groups is 3. The lowest BCUT2D eigenvalue weighted by Crippen LogP contribution is -2.38. The molecule has 0 bridgehead atoms. The molecule has 7 nitrogen and oxygen atoms in total. The van der Waals surface area contributed by atoms with E-state index >= 15 is 0 Å². The van der Waals surface area contributed by atoms with E-state index in [9.17, 15) is 19.5 Å². The van der Waals surface area contributed by atoms with Gasteiger partial charge in [-0.15, -0.1) is 0 Å². The Hall–Kier alpha value is -3.00. The fraction of sp³-hybridized carbons (Fsp3) is 0.400. The maximum absolute atomic E-state index is 12.4. The number of carbonyl (C=O) groups excluding carboxylic acids is 2. The Morgan fingerprint density at radius 3 is 2.33 bits per heavy atom. The Balaban J connectivity index is 1.18. The number of amides is 2. The lowest BCUT2D eigenvalue weighted by molar-refractivity contribution is -0.142. The lowest BCUT2D eigenvalue weighted by atomic mass is 9.98. The molecular formula is C25H28N2O5S. The SMILES string of the molecule is CC1C(C(=O)O)CCN1C(=O)CSCCNC(=O)OCC1c2ccccc2-c2ccccc21. The quantitative estimate of drug-likeness (QED) is 0.575. The summed E-state index contributed by atoms with van der Waals surface area (Å²) in [5.74, 6) is -0.541. The molecule has 2 aliphatic rings. The van der Waals surface area contributed by atoms with Crippen molar-refractivity contribution in [2.75, 3.05) is 31.2 Å². The number of nitrogens with one attached hydrogen (secondary N) is 1. The summed E-state index contributed by atoms with van der Waals surface area (Å²) in [7, 11) is 0. The van der Waals surface area contributed by atoms with Crippen LogP contribution >= 0.6 is 11.8 Å².